The summed E-state index contributed by atoms with van der Waals surface area (Å²) in [5.41, 5.74) is 2.84. The van der Waals surface area contributed by atoms with Crippen molar-refractivity contribution < 1.29 is 4.79 Å². The van der Waals surface area contributed by atoms with Gasteiger partial charge in [0.2, 0.25) is 0 Å². The zero-order valence-corrected chi connectivity index (χ0v) is 11.3. The first-order valence-corrected chi connectivity index (χ1v) is 6.45. The molecule has 0 heterocycles. The molecule has 0 spiro atoms. The van der Waals surface area contributed by atoms with Crippen LogP contribution in [0.3, 0.4) is 0 Å². The van der Waals surface area contributed by atoms with Crippen molar-refractivity contribution in [1.82, 2.24) is 5.32 Å². The third-order valence-corrected chi connectivity index (χ3v) is 3.58. The largest absolute Gasteiger partial charge is 0.323 e. The summed E-state index contributed by atoms with van der Waals surface area (Å²) in [7, 11) is 0. The predicted octanol–water partition coefficient (Wildman–Crippen LogP) is 4.08. The molecule has 3 nitrogen and oxygen atoms in total. The number of nitrogens with one attached hydrogen (secondary N) is 2. The van der Waals surface area contributed by atoms with E-state index in [0.717, 1.165) is 11.3 Å². The van der Waals surface area contributed by atoms with Gasteiger partial charge in [0.05, 0.1) is 0 Å². The van der Waals surface area contributed by atoms with Crippen LogP contribution in [0.25, 0.3) is 0 Å². The van der Waals surface area contributed by atoms with Crippen LogP contribution in [0.4, 0.5) is 10.5 Å². The Labute approximate surface area is 112 Å². The van der Waals surface area contributed by atoms with Crippen LogP contribution in [0.2, 0.25) is 5.02 Å². The molecule has 1 aromatic carbocycles. The molecule has 0 aliphatic heterocycles. The van der Waals surface area contributed by atoms with E-state index in [-0.39, 0.29) is 6.03 Å². The van der Waals surface area contributed by atoms with Crippen molar-refractivity contribution in [1.29, 1.82) is 0 Å². The Balaban J connectivity index is 1.94. The van der Waals surface area contributed by atoms with Gasteiger partial charge in [-0.1, -0.05) is 23.2 Å². The molecule has 1 aromatic rings. The second-order valence-corrected chi connectivity index (χ2v) is 5.08. The van der Waals surface area contributed by atoms with Gasteiger partial charge in [0.25, 0.3) is 0 Å². The molecule has 1 fully saturated rings. The molecule has 1 saturated carbocycles. The average Bonchev–Trinajstić information content (AvgIpc) is 3.16. The lowest BCUT2D eigenvalue weighted by molar-refractivity contribution is 0.255. The summed E-state index contributed by atoms with van der Waals surface area (Å²) in [6, 6.07) is 5.21. The summed E-state index contributed by atoms with van der Waals surface area (Å²) >= 11 is 5.99. The molecule has 1 aliphatic rings. The third-order valence-electron chi connectivity index (χ3n) is 3.17. The highest BCUT2D eigenvalue weighted by Gasteiger charge is 2.22. The van der Waals surface area contributed by atoms with Crippen LogP contribution in [0.5, 0.6) is 0 Å². The fourth-order valence-electron chi connectivity index (χ4n) is 1.74. The molecule has 96 valence electrons. The fourth-order valence-corrected chi connectivity index (χ4v) is 1.91. The maximum Gasteiger partial charge on any atom is 0.323 e. The smallest absolute Gasteiger partial charge is 0.314 e. The number of halogens is 1. The zero-order valence-electron chi connectivity index (χ0n) is 10.6. The molecule has 1 aliphatic carbocycles. The summed E-state index contributed by atoms with van der Waals surface area (Å²) in [5, 5.41) is 6.18. The summed E-state index contributed by atoms with van der Waals surface area (Å²) < 4.78 is 0. The SMILES string of the molecule is C/C(=C\NC(=O)Nc1cccc(Cl)c1C)C1CC1. The summed E-state index contributed by atoms with van der Waals surface area (Å²) in [6.45, 7) is 3.92. The van der Waals surface area contributed by atoms with Crippen molar-refractivity contribution in [2.75, 3.05) is 5.32 Å². The van der Waals surface area contributed by atoms with Gasteiger partial charge in [0.1, 0.15) is 0 Å². The van der Waals surface area contributed by atoms with Crippen LogP contribution in [0.15, 0.2) is 30.0 Å². The molecule has 2 N–H and O–H groups in total. The Morgan fingerprint density at radius 1 is 1.44 bits per heavy atom. The van der Waals surface area contributed by atoms with E-state index in [4.69, 9.17) is 11.6 Å². The monoisotopic (exact) mass is 264 g/mol. The molecule has 0 aromatic heterocycles. The van der Waals surface area contributed by atoms with Crippen molar-refractivity contribution in [2.45, 2.75) is 26.7 Å². The predicted molar refractivity (Wildman–Crippen MR) is 74.8 cm³/mol. The van der Waals surface area contributed by atoms with Crippen LogP contribution in [-0.2, 0) is 0 Å². The molecule has 2 rings (SSSR count). The number of anilines is 1. The van der Waals surface area contributed by atoms with E-state index < -0.39 is 0 Å². The zero-order chi connectivity index (χ0) is 13.1. The lowest BCUT2D eigenvalue weighted by Crippen LogP contribution is -2.24. The van der Waals surface area contributed by atoms with E-state index >= 15 is 0 Å². The van der Waals surface area contributed by atoms with Crippen LogP contribution in [-0.4, -0.2) is 6.03 Å². The Hall–Kier alpha value is -1.48. The lowest BCUT2D eigenvalue weighted by Gasteiger charge is -2.09. The molecule has 0 radical (unpaired) electrons. The number of rotatable bonds is 3. The van der Waals surface area contributed by atoms with Crippen molar-refractivity contribution >= 4 is 23.3 Å². The second-order valence-electron chi connectivity index (χ2n) is 4.67. The number of allylic oxidation sites excluding steroid dienone is 1. The lowest BCUT2D eigenvalue weighted by atomic mass is 10.2. The molecular formula is C14H17ClN2O. The Morgan fingerprint density at radius 3 is 2.83 bits per heavy atom. The number of amides is 2. The first kappa shape index (κ1) is 13.0. The van der Waals surface area contributed by atoms with Crippen LogP contribution >= 0.6 is 11.6 Å². The molecule has 18 heavy (non-hydrogen) atoms. The Bertz CT molecular complexity index is 493. The van der Waals surface area contributed by atoms with Gasteiger partial charge >= 0.3 is 6.03 Å². The molecule has 0 saturated heterocycles. The molecular weight excluding hydrogens is 248 g/mol. The fraction of sp³-hybridized carbons (Fsp3) is 0.357. The average molecular weight is 265 g/mol. The highest BCUT2D eigenvalue weighted by Crippen LogP contribution is 2.35. The van der Waals surface area contributed by atoms with Gasteiger partial charge in [0, 0.05) is 16.9 Å². The van der Waals surface area contributed by atoms with Crippen molar-refractivity contribution in [2.24, 2.45) is 5.92 Å². The van der Waals surface area contributed by atoms with Crippen LogP contribution in [0, 0.1) is 12.8 Å². The molecule has 4 heteroatoms. The van der Waals surface area contributed by atoms with E-state index in [1.54, 1.807) is 12.3 Å². The van der Waals surface area contributed by atoms with Crippen molar-refractivity contribution in [3.8, 4) is 0 Å². The summed E-state index contributed by atoms with van der Waals surface area (Å²) in [5.74, 6) is 0.665. The molecule has 0 bridgehead atoms. The number of carbonyl (C=O) groups excluding carboxylic acids is 1. The van der Waals surface area contributed by atoms with Gasteiger partial charge in [-0.05, 0) is 50.3 Å². The number of hydrogen-bond acceptors (Lipinski definition) is 1. The quantitative estimate of drug-likeness (QED) is 0.848. The van der Waals surface area contributed by atoms with E-state index in [9.17, 15) is 4.79 Å². The Morgan fingerprint density at radius 2 is 2.17 bits per heavy atom. The standard InChI is InChI=1S/C14H17ClN2O/c1-9(11-6-7-11)8-16-14(18)17-13-5-3-4-12(15)10(13)2/h3-5,8,11H,6-7H2,1-2H3,(H2,16,17,18)/b9-8+. The molecule has 0 atom stereocenters. The minimum atomic E-state index is -0.236. The number of carbonyl (C=O) groups is 1. The van der Waals surface area contributed by atoms with Gasteiger partial charge in [-0.25, -0.2) is 4.79 Å². The van der Waals surface area contributed by atoms with Crippen molar-refractivity contribution in [3.05, 3.63) is 40.6 Å². The van der Waals surface area contributed by atoms with E-state index in [0.29, 0.717) is 10.9 Å². The van der Waals surface area contributed by atoms with Gasteiger partial charge in [-0.3, -0.25) is 0 Å². The maximum atomic E-state index is 11.7. The molecule has 0 unspecified atom stereocenters. The normalized spacial score (nSPS) is 15.4. The van der Waals surface area contributed by atoms with Gasteiger partial charge in [-0.2, -0.15) is 0 Å². The first-order valence-electron chi connectivity index (χ1n) is 6.07. The number of benzene rings is 1. The summed E-state index contributed by atoms with van der Waals surface area (Å²) in [6.07, 6.45) is 4.25. The van der Waals surface area contributed by atoms with Crippen molar-refractivity contribution in [3.63, 3.8) is 0 Å². The van der Waals surface area contributed by atoms with E-state index in [2.05, 4.69) is 10.6 Å². The van der Waals surface area contributed by atoms with Gasteiger partial charge in [-0.15, -0.1) is 0 Å². The number of urea groups is 1. The minimum Gasteiger partial charge on any atom is -0.314 e. The first-order chi connectivity index (χ1) is 8.58. The van der Waals surface area contributed by atoms with Gasteiger partial charge in [0.15, 0.2) is 0 Å². The van der Waals surface area contributed by atoms with Crippen LogP contribution < -0.4 is 10.6 Å². The topological polar surface area (TPSA) is 41.1 Å². The Kier molecular flexibility index (Phi) is 3.92. The highest BCUT2D eigenvalue weighted by atomic mass is 35.5. The second kappa shape index (κ2) is 5.44. The van der Waals surface area contributed by atoms with E-state index in [1.807, 2.05) is 26.0 Å². The van der Waals surface area contributed by atoms with Crippen LogP contribution in [0.1, 0.15) is 25.3 Å². The van der Waals surface area contributed by atoms with Gasteiger partial charge < -0.3 is 10.6 Å². The minimum absolute atomic E-state index is 0.236. The maximum absolute atomic E-state index is 11.7. The molecule has 2 amide bonds. The van der Waals surface area contributed by atoms with E-state index in [1.165, 1.54) is 18.4 Å². The highest BCUT2D eigenvalue weighted by molar-refractivity contribution is 6.31. The summed E-state index contributed by atoms with van der Waals surface area (Å²) in [4.78, 5) is 11.7. The third kappa shape index (κ3) is 3.26. The number of hydrogen-bond donors (Lipinski definition) is 2.